The first kappa shape index (κ1) is 12.7. The average molecular weight is 266 g/mol. The minimum Gasteiger partial charge on any atom is -0.288 e. The predicted octanol–water partition coefficient (Wildman–Crippen LogP) is 2.96. The highest BCUT2D eigenvalue weighted by Crippen LogP contribution is 2.22. The minimum atomic E-state index is -0.0638. The molecular weight excluding hydrogens is 248 g/mol. The quantitative estimate of drug-likeness (QED) is 0.866. The number of rotatable bonds is 3. The van der Waals surface area contributed by atoms with Gasteiger partial charge in [0.1, 0.15) is 0 Å². The number of aryl methyl sites for hydroxylation is 2. The summed E-state index contributed by atoms with van der Waals surface area (Å²) in [7, 11) is 1.85. The second-order valence-electron chi connectivity index (χ2n) is 5.17. The van der Waals surface area contributed by atoms with E-state index in [1.165, 1.54) is 17.5 Å². The summed E-state index contributed by atoms with van der Waals surface area (Å²) in [5.74, 6) is -0.0638. The molecule has 0 bridgehead atoms. The lowest BCUT2D eigenvalue weighted by molar-refractivity contribution is 0.0951. The van der Waals surface area contributed by atoms with E-state index in [1.54, 1.807) is 5.01 Å². The van der Waals surface area contributed by atoms with E-state index in [9.17, 15) is 4.79 Å². The molecule has 1 aliphatic rings. The van der Waals surface area contributed by atoms with E-state index in [0.29, 0.717) is 0 Å². The zero-order chi connectivity index (χ0) is 13.9. The summed E-state index contributed by atoms with van der Waals surface area (Å²) in [6.45, 7) is 0. The van der Waals surface area contributed by atoms with Crippen molar-refractivity contribution in [2.45, 2.75) is 19.3 Å². The highest BCUT2D eigenvalue weighted by molar-refractivity contribution is 5.95. The van der Waals surface area contributed by atoms with Gasteiger partial charge in [-0.05, 0) is 54.7 Å². The number of nitrogens with one attached hydrogen (secondary N) is 1. The van der Waals surface area contributed by atoms with Crippen LogP contribution in [0.3, 0.4) is 0 Å². The first-order valence-corrected chi connectivity index (χ1v) is 6.95. The molecule has 0 atom stereocenters. The second-order valence-corrected chi connectivity index (χ2v) is 5.17. The van der Waals surface area contributed by atoms with Crippen LogP contribution in [-0.4, -0.2) is 13.0 Å². The molecule has 0 aliphatic heterocycles. The third-order valence-corrected chi connectivity index (χ3v) is 3.77. The average Bonchev–Trinajstić information content (AvgIpc) is 2.95. The second kappa shape index (κ2) is 5.37. The van der Waals surface area contributed by atoms with Crippen LogP contribution >= 0.6 is 0 Å². The Balaban J connectivity index is 1.73. The topological polar surface area (TPSA) is 32.3 Å². The van der Waals surface area contributed by atoms with Gasteiger partial charge in [-0.2, -0.15) is 0 Å². The lowest BCUT2D eigenvalue weighted by atomic mass is 10.1. The fourth-order valence-electron chi connectivity index (χ4n) is 2.65. The summed E-state index contributed by atoms with van der Waals surface area (Å²) in [6, 6.07) is 15.8. The Bertz CT molecular complexity index is 622. The molecule has 0 radical (unpaired) electrons. The molecule has 0 saturated heterocycles. The van der Waals surface area contributed by atoms with Crippen molar-refractivity contribution in [1.82, 2.24) is 5.43 Å². The number of nitrogens with zero attached hydrogens (tertiary/aromatic N) is 1. The Morgan fingerprint density at radius 2 is 1.80 bits per heavy atom. The zero-order valence-electron chi connectivity index (χ0n) is 11.6. The number of fused-ring (bicyclic) bond motifs is 1. The maximum atomic E-state index is 12.3. The molecule has 20 heavy (non-hydrogen) atoms. The number of anilines is 1. The van der Waals surface area contributed by atoms with E-state index in [0.717, 1.165) is 24.1 Å². The maximum Gasteiger partial charge on any atom is 0.269 e. The van der Waals surface area contributed by atoms with Crippen LogP contribution in [0.15, 0.2) is 48.5 Å². The number of hydrogen-bond acceptors (Lipinski definition) is 2. The van der Waals surface area contributed by atoms with E-state index in [-0.39, 0.29) is 5.91 Å². The molecule has 1 N–H and O–H groups in total. The van der Waals surface area contributed by atoms with Gasteiger partial charge >= 0.3 is 0 Å². The van der Waals surface area contributed by atoms with E-state index in [1.807, 2.05) is 49.5 Å². The van der Waals surface area contributed by atoms with Crippen LogP contribution in [0.4, 0.5) is 5.69 Å². The molecule has 1 aliphatic carbocycles. The van der Waals surface area contributed by atoms with Gasteiger partial charge in [0.15, 0.2) is 0 Å². The lowest BCUT2D eigenvalue weighted by Crippen LogP contribution is -2.39. The Labute approximate surface area is 119 Å². The maximum absolute atomic E-state index is 12.3. The molecule has 3 rings (SSSR count). The van der Waals surface area contributed by atoms with Crippen LogP contribution in [0, 0.1) is 0 Å². The molecule has 0 unspecified atom stereocenters. The molecular formula is C17H18N2O. The van der Waals surface area contributed by atoms with Crippen LogP contribution in [0.1, 0.15) is 27.9 Å². The number of hydrogen-bond donors (Lipinski definition) is 1. The lowest BCUT2D eigenvalue weighted by Gasteiger charge is -2.20. The fourth-order valence-corrected chi connectivity index (χ4v) is 2.65. The molecule has 2 aromatic rings. The van der Waals surface area contributed by atoms with Crippen molar-refractivity contribution in [3.63, 3.8) is 0 Å². The first-order chi connectivity index (χ1) is 9.74. The molecule has 0 spiro atoms. The Morgan fingerprint density at radius 1 is 1.05 bits per heavy atom. The van der Waals surface area contributed by atoms with Crippen molar-refractivity contribution in [1.29, 1.82) is 0 Å². The Kier molecular flexibility index (Phi) is 3.42. The number of amides is 1. The van der Waals surface area contributed by atoms with Gasteiger partial charge in [-0.15, -0.1) is 0 Å². The first-order valence-electron chi connectivity index (χ1n) is 6.95. The van der Waals surface area contributed by atoms with Gasteiger partial charge in [0.25, 0.3) is 5.91 Å². The normalized spacial score (nSPS) is 12.8. The van der Waals surface area contributed by atoms with Crippen LogP contribution in [-0.2, 0) is 12.8 Å². The van der Waals surface area contributed by atoms with Crippen molar-refractivity contribution < 1.29 is 4.79 Å². The Hall–Kier alpha value is -2.29. The SMILES string of the molecule is CN(NC(=O)c1ccc2c(c1)CCC2)c1ccccc1. The molecule has 3 nitrogen and oxygen atoms in total. The van der Waals surface area contributed by atoms with Gasteiger partial charge in [-0.25, -0.2) is 0 Å². The van der Waals surface area contributed by atoms with Crippen LogP contribution in [0.5, 0.6) is 0 Å². The number of hydrazine groups is 1. The molecule has 0 aromatic heterocycles. The van der Waals surface area contributed by atoms with Crippen LogP contribution in [0.25, 0.3) is 0 Å². The van der Waals surface area contributed by atoms with Gasteiger partial charge in [0.05, 0.1) is 5.69 Å². The number of carbonyl (C=O) groups is 1. The van der Waals surface area contributed by atoms with Gasteiger partial charge in [-0.3, -0.25) is 15.2 Å². The molecule has 2 aromatic carbocycles. The van der Waals surface area contributed by atoms with Crippen molar-refractivity contribution in [3.05, 3.63) is 65.2 Å². The number of benzene rings is 2. The molecule has 0 saturated carbocycles. The molecule has 0 heterocycles. The molecule has 0 fully saturated rings. The fraction of sp³-hybridized carbons (Fsp3) is 0.235. The molecule has 1 amide bonds. The number of carbonyl (C=O) groups excluding carboxylic acids is 1. The molecule has 102 valence electrons. The standard InChI is InChI=1S/C17H18N2O/c1-19(16-8-3-2-4-9-16)18-17(20)15-11-10-13-6-5-7-14(13)12-15/h2-4,8-12H,5-7H2,1H3,(H,18,20). The highest BCUT2D eigenvalue weighted by atomic mass is 16.2. The third-order valence-electron chi connectivity index (χ3n) is 3.77. The number of para-hydroxylation sites is 1. The van der Waals surface area contributed by atoms with Crippen molar-refractivity contribution >= 4 is 11.6 Å². The zero-order valence-corrected chi connectivity index (χ0v) is 11.6. The van der Waals surface area contributed by atoms with Crippen LogP contribution < -0.4 is 10.4 Å². The van der Waals surface area contributed by atoms with Gasteiger partial charge in [-0.1, -0.05) is 24.3 Å². The van der Waals surface area contributed by atoms with Gasteiger partial charge in [0.2, 0.25) is 0 Å². The largest absolute Gasteiger partial charge is 0.288 e. The summed E-state index contributed by atoms with van der Waals surface area (Å²) >= 11 is 0. The summed E-state index contributed by atoms with van der Waals surface area (Å²) < 4.78 is 0. The van der Waals surface area contributed by atoms with E-state index < -0.39 is 0 Å². The molecule has 3 heteroatoms. The van der Waals surface area contributed by atoms with Gasteiger partial charge < -0.3 is 0 Å². The summed E-state index contributed by atoms with van der Waals surface area (Å²) in [5.41, 5.74) is 7.29. The summed E-state index contributed by atoms with van der Waals surface area (Å²) in [5, 5.41) is 1.75. The predicted molar refractivity (Wildman–Crippen MR) is 80.8 cm³/mol. The smallest absolute Gasteiger partial charge is 0.269 e. The highest BCUT2D eigenvalue weighted by Gasteiger charge is 2.14. The Morgan fingerprint density at radius 3 is 2.60 bits per heavy atom. The van der Waals surface area contributed by atoms with Crippen LogP contribution in [0.2, 0.25) is 0 Å². The van der Waals surface area contributed by atoms with Crippen molar-refractivity contribution in [3.8, 4) is 0 Å². The minimum absolute atomic E-state index is 0.0638. The summed E-state index contributed by atoms with van der Waals surface area (Å²) in [4.78, 5) is 12.3. The van der Waals surface area contributed by atoms with Crippen molar-refractivity contribution in [2.24, 2.45) is 0 Å². The van der Waals surface area contributed by atoms with Gasteiger partial charge in [0, 0.05) is 12.6 Å². The monoisotopic (exact) mass is 266 g/mol. The van der Waals surface area contributed by atoms with E-state index in [4.69, 9.17) is 0 Å². The van der Waals surface area contributed by atoms with E-state index in [2.05, 4.69) is 11.5 Å². The van der Waals surface area contributed by atoms with E-state index >= 15 is 0 Å². The third kappa shape index (κ3) is 2.52. The van der Waals surface area contributed by atoms with Crippen molar-refractivity contribution in [2.75, 3.05) is 12.1 Å². The summed E-state index contributed by atoms with van der Waals surface area (Å²) in [6.07, 6.45) is 3.43.